The highest BCUT2D eigenvalue weighted by Gasteiger charge is 2.48. The van der Waals surface area contributed by atoms with Crippen LogP contribution in [0.25, 0.3) is 0 Å². The van der Waals surface area contributed by atoms with Gasteiger partial charge in [-0.1, -0.05) is 27.7 Å². The van der Waals surface area contributed by atoms with Gasteiger partial charge in [0.1, 0.15) is 0 Å². The molecule has 0 amide bonds. The Kier molecular flexibility index (Phi) is 3.44. The predicted molar refractivity (Wildman–Crippen MR) is 60.6 cm³/mol. The molecule has 1 N–H and O–H groups in total. The molecule has 3 heteroatoms. The number of nitrogens with one attached hydrogen (secondary N) is 1. The van der Waals surface area contributed by atoms with Gasteiger partial charge in [-0.3, -0.25) is 4.79 Å². The standard InChI is InChI=1S/C12H23NO2/c1-6-15-10(14)9-11(2,3)7-13-8-12(9,4)5/h9,13H,6-8H2,1-5H3. The van der Waals surface area contributed by atoms with Crippen LogP contribution in [0.5, 0.6) is 0 Å². The number of carbonyl (C=O) groups excluding carboxylic acids is 1. The van der Waals surface area contributed by atoms with Gasteiger partial charge in [0.25, 0.3) is 0 Å². The highest BCUT2D eigenvalue weighted by Crippen LogP contribution is 2.43. The van der Waals surface area contributed by atoms with Crippen LogP contribution >= 0.6 is 0 Å². The first-order valence-electron chi connectivity index (χ1n) is 5.68. The molecule has 1 saturated heterocycles. The minimum Gasteiger partial charge on any atom is -0.466 e. The fourth-order valence-corrected chi connectivity index (χ4v) is 2.83. The Balaban J connectivity index is 2.91. The van der Waals surface area contributed by atoms with Crippen LogP contribution in [0.1, 0.15) is 34.6 Å². The molecule has 0 spiro atoms. The largest absolute Gasteiger partial charge is 0.466 e. The summed E-state index contributed by atoms with van der Waals surface area (Å²) < 4.78 is 5.19. The van der Waals surface area contributed by atoms with Gasteiger partial charge in [-0.25, -0.2) is 0 Å². The summed E-state index contributed by atoms with van der Waals surface area (Å²) in [6.07, 6.45) is 0. The van der Waals surface area contributed by atoms with Crippen molar-refractivity contribution in [1.82, 2.24) is 5.32 Å². The van der Waals surface area contributed by atoms with Gasteiger partial charge >= 0.3 is 5.97 Å². The first-order chi connectivity index (χ1) is 6.81. The molecule has 0 aromatic heterocycles. The molecule has 1 fully saturated rings. The van der Waals surface area contributed by atoms with E-state index in [9.17, 15) is 4.79 Å². The maximum Gasteiger partial charge on any atom is 0.310 e. The minimum atomic E-state index is -0.0472. The summed E-state index contributed by atoms with van der Waals surface area (Å²) >= 11 is 0. The van der Waals surface area contributed by atoms with Crippen LogP contribution < -0.4 is 5.32 Å². The van der Waals surface area contributed by atoms with Gasteiger partial charge in [-0.05, 0) is 17.8 Å². The molecule has 0 radical (unpaired) electrons. The van der Waals surface area contributed by atoms with E-state index in [4.69, 9.17) is 4.74 Å². The van der Waals surface area contributed by atoms with Crippen LogP contribution in [-0.4, -0.2) is 25.7 Å². The van der Waals surface area contributed by atoms with E-state index >= 15 is 0 Å². The van der Waals surface area contributed by atoms with E-state index in [1.54, 1.807) is 0 Å². The van der Waals surface area contributed by atoms with Crippen molar-refractivity contribution in [2.24, 2.45) is 16.7 Å². The van der Waals surface area contributed by atoms with Crippen molar-refractivity contribution in [1.29, 1.82) is 0 Å². The molecule has 88 valence electrons. The lowest BCUT2D eigenvalue weighted by Gasteiger charge is -2.47. The Morgan fingerprint density at radius 1 is 1.27 bits per heavy atom. The van der Waals surface area contributed by atoms with E-state index in [1.807, 2.05) is 6.92 Å². The Morgan fingerprint density at radius 3 is 2.13 bits per heavy atom. The number of carbonyl (C=O) groups is 1. The molecular weight excluding hydrogens is 190 g/mol. The number of piperidine rings is 1. The SMILES string of the molecule is CCOC(=O)C1C(C)(C)CNCC1(C)C. The number of hydrogen-bond acceptors (Lipinski definition) is 3. The van der Waals surface area contributed by atoms with Crippen molar-refractivity contribution in [3.05, 3.63) is 0 Å². The molecule has 0 aromatic carbocycles. The van der Waals surface area contributed by atoms with E-state index in [2.05, 4.69) is 33.0 Å². The lowest BCUT2D eigenvalue weighted by molar-refractivity contribution is -0.160. The van der Waals surface area contributed by atoms with E-state index in [0.717, 1.165) is 13.1 Å². The van der Waals surface area contributed by atoms with Crippen molar-refractivity contribution in [3.63, 3.8) is 0 Å². The third-order valence-electron chi connectivity index (χ3n) is 3.25. The Bertz CT molecular complexity index is 230. The summed E-state index contributed by atoms with van der Waals surface area (Å²) in [6, 6.07) is 0. The van der Waals surface area contributed by atoms with E-state index < -0.39 is 0 Å². The van der Waals surface area contributed by atoms with Crippen LogP contribution in [0.4, 0.5) is 0 Å². The molecule has 1 aliphatic rings. The van der Waals surface area contributed by atoms with Crippen LogP contribution in [0.15, 0.2) is 0 Å². The van der Waals surface area contributed by atoms with Crippen LogP contribution in [0, 0.1) is 16.7 Å². The summed E-state index contributed by atoms with van der Waals surface area (Å²) in [6.45, 7) is 12.6. The Morgan fingerprint density at radius 2 is 1.73 bits per heavy atom. The second kappa shape index (κ2) is 4.12. The fraction of sp³-hybridized carbons (Fsp3) is 0.917. The molecule has 15 heavy (non-hydrogen) atoms. The number of rotatable bonds is 2. The summed E-state index contributed by atoms with van der Waals surface area (Å²) in [5, 5.41) is 3.38. The molecule has 0 saturated carbocycles. The van der Waals surface area contributed by atoms with Crippen LogP contribution in [0.2, 0.25) is 0 Å². The molecule has 0 aliphatic carbocycles. The summed E-state index contributed by atoms with van der Waals surface area (Å²) in [5.74, 6) is -0.0693. The van der Waals surface area contributed by atoms with Gasteiger partial charge in [0, 0.05) is 13.1 Å². The van der Waals surface area contributed by atoms with Gasteiger partial charge < -0.3 is 10.1 Å². The number of ether oxygens (including phenoxy) is 1. The second-order valence-electron chi connectivity index (χ2n) is 5.77. The van der Waals surface area contributed by atoms with Crippen LogP contribution in [0.3, 0.4) is 0 Å². The number of hydrogen-bond donors (Lipinski definition) is 1. The minimum absolute atomic E-state index is 0.0220. The maximum absolute atomic E-state index is 12.0. The van der Waals surface area contributed by atoms with E-state index in [0.29, 0.717) is 6.61 Å². The van der Waals surface area contributed by atoms with Gasteiger partial charge in [-0.2, -0.15) is 0 Å². The zero-order valence-corrected chi connectivity index (χ0v) is 10.5. The van der Waals surface area contributed by atoms with Crippen molar-refractivity contribution < 1.29 is 9.53 Å². The highest BCUT2D eigenvalue weighted by atomic mass is 16.5. The smallest absolute Gasteiger partial charge is 0.310 e. The number of esters is 1. The third-order valence-corrected chi connectivity index (χ3v) is 3.25. The lowest BCUT2D eigenvalue weighted by Crippen LogP contribution is -2.56. The quantitative estimate of drug-likeness (QED) is 0.711. The van der Waals surface area contributed by atoms with Gasteiger partial charge in [0.15, 0.2) is 0 Å². The summed E-state index contributed by atoms with van der Waals surface area (Å²) in [4.78, 5) is 12.0. The van der Waals surface area contributed by atoms with Gasteiger partial charge in [-0.15, -0.1) is 0 Å². The molecule has 1 rings (SSSR count). The van der Waals surface area contributed by atoms with Crippen molar-refractivity contribution in [3.8, 4) is 0 Å². The summed E-state index contributed by atoms with van der Waals surface area (Å²) in [7, 11) is 0. The molecule has 0 unspecified atom stereocenters. The average Bonchev–Trinajstić information content (AvgIpc) is 2.00. The monoisotopic (exact) mass is 213 g/mol. The van der Waals surface area contributed by atoms with Crippen molar-refractivity contribution in [2.75, 3.05) is 19.7 Å². The first kappa shape index (κ1) is 12.5. The maximum atomic E-state index is 12.0. The molecule has 3 nitrogen and oxygen atoms in total. The molecule has 0 aromatic rings. The Hall–Kier alpha value is -0.570. The molecule has 0 bridgehead atoms. The second-order valence-corrected chi connectivity index (χ2v) is 5.77. The molecule has 0 atom stereocenters. The molecule has 1 aliphatic heterocycles. The van der Waals surface area contributed by atoms with Crippen molar-refractivity contribution >= 4 is 5.97 Å². The topological polar surface area (TPSA) is 38.3 Å². The highest BCUT2D eigenvalue weighted by molar-refractivity contribution is 5.74. The predicted octanol–water partition coefficient (Wildman–Crippen LogP) is 1.82. The zero-order valence-electron chi connectivity index (χ0n) is 10.5. The molecular formula is C12H23NO2. The normalized spacial score (nSPS) is 24.9. The first-order valence-corrected chi connectivity index (χ1v) is 5.68. The zero-order chi connectivity index (χ0) is 11.7. The molecule has 1 heterocycles. The Labute approximate surface area is 92.6 Å². The van der Waals surface area contributed by atoms with Gasteiger partial charge in [0.05, 0.1) is 12.5 Å². The van der Waals surface area contributed by atoms with E-state index in [1.165, 1.54) is 0 Å². The fourth-order valence-electron chi connectivity index (χ4n) is 2.83. The van der Waals surface area contributed by atoms with E-state index in [-0.39, 0.29) is 22.7 Å². The van der Waals surface area contributed by atoms with Gasteiger partial charge in [0.2, 0.25) is 0 Å². The van der Waals surface area contributed by atoms with Crippen LogP contribution in [-0.2, 0) is 9.53 Å². The van der Waals surface area contributed by atoms with Crippen molar-refractivity contribution in [2.45, 2.75) is 34.6 Å². The third kappa shape index (κ3) is 2.51. The lowest BCUT2D eigenvalue weighted by atomic mass is 9.62. The average molecular weight is 213 g/mol. The summed E-state index contributed by atoms with van der Waals surface area (Å²) in [5.41, 5.74) is -0.0675.